The second-order valence-electron chi connectivity index (χ2n) is 4.21. The zero-order valence-corrected chi connectivity index (χ0v) is 10.9. The number of aryl methyl sites for hydroxylation is 1. The number of hydrogen-bond acceptors (Lipinski definition) is 1. The van der Waals surface area contributed by atoms with E-state index in [4.69, 9.17) is 11.6 Å². The molecular weight excluding hydrogens is 230 g/mol. The highest BCUT2D eigenvalue weighted by atomic mass is 35.5. The number of rotatable bonds is 3. The van der Waals surface area contributed by atoms with Crippen LogP contribution in [0.4, 0.5) is 0 Å². The summed E-state index contributed by atoms with van der Waals surface area (Å²) in [5, 5.41) is 3.93. The predicted molar refractivity (Wildman–Crippen MR) is 74.4 cm³/mol. The van der Waals surface area contributed by atoms with Crippen molar-refractivity contribution in [1.82, 2.24) is 5.32 Å². The van der Waals surface area contributed by atoms with Crippen molar-refractivity contribution in [1.29, 1.82) is 0 Å². The Kier molecular flexibility index (Phi) is 3.82. The lowest BCUT2D eigenvalue weighted by molar-refractivity contribution is 0.818. The van der Waals surface area contributed by atoms with E-state index >= 15 is 0 Å². The molecule has 2 aromatic rings. The van der Waals surface area contributed by atoms with Crippen LogP contribution in [0.1, 0.15) is 11.1 Å². The quantitative estimate of drug-likeness (QED) is 0.861. The van der Waals surface area contributed by atoms with Gasteiger partial charge in [0.25, 0.3) is 0 Å². The molecule has 0 saturated heterocycles. The van der Waals surface area contributed by atoms with Gasteiger partial charge in [0.2, 0.25) is 0 Å². The second kappa shape index (κ2) is 5.35. The van der Waals surface area contributed by atoms with Crippen molar-refractivity contribution in [3.8, 4) is 11.1 Å². The Labute approximate surface area is 107 Å². The average molecular weight is 246 g/mol. The minimum Gasteiger partial charge on any atom is -0.316 e. The summed E-state index contributed by atoms with van der Waals surface area (Å²) in [5.41, 5.74) is 4.72. The van der Waals surface area contributed by atoms with Crippen molar-refractivity contribution < 1.29 is 0 Å². The van der Waals surface area contributed by atoms with Crippen LogP contribution < -0.4 is 5.32 Å². The van der Waals surface area contributed by atoms with Crippen molar-refractivity contribution in [2.24, 2.45) is 0 Å². The maximum Gasteiger partial charge on any atom is 0.0487 e. The molecule has 0 bridgehead atoms. The molecule has 17 heavy (non-hydrogen) atoms. The van der Waals surface area contributed by atoms with E-state index in [-0.39, 0.29) is 0 Å². The molecular formula is C15H16ClN. The highest BCUT2D eigenvalue weighted by molar-refractivity contribution is 6.33. The van der Waals surface area contributed by atoms with Crippen molar-refractivity contribution in [2.75, 3.05) is 7.05 Å². The first-order chi connectivity index (χ1) is 8.20. The number of benzene rings is 2. The van der Waals surface area contributed by atoms with E-state index < -0.39 is 0 Å². The van der Waals surface area contributed by atoms with Gasteiger partial charge >= 0.3 is 0 Å². The van der Waals surface area contributed by atoms with E-state index in [1.54, 1.807) is 0 Å². The molecule has 0 aromatic heterocycles. The van der Waals surface area contributed by atoms with Crippen molar-refractivity contribution >= 4 is 11.6 Å². The molecule has 2 aromatic carbocycles. The molecule has 0 fully saturated rings. The maximum atomic E-state index is 6.31. The van der Waals surface area contributed by atoms with Gasteiger partial charge in [0.15, 0.2) is 0 Å². The fraction of sp³-hybridized carbons (Fsp3) is 0.200. The molecule has 0 aliphatic carbocycles. The Hall–Kier alpha value is -1.31. The highest BCUT2D eigenvalue weighted by Crippen LogP contribution is 2.28. The minimum absolute atomic E-state index is 0.807. The summed E-state index contributed by atoms with van der Waals surface area (Å²) in [6, 6.07) is 14.6. The van der Waals surface area contributed by atoms with Crippen molar-refractivity contribution in [3.05, 3.63) is 58.6 Å². The maximum absolute atomic E-state index is 6.31. The van der Waals surface area contributed by atoms with Crippen LogP contribution in [0.5, 0.6) is 0 Å². The molecule has 1 nitrogen and oxygen atoms in total. The monoisotopic (exact) mass is 245 g/mol. The summed E-state index contributed by atoms with van der Waals surface area (Å²) in [5.74, 6) is 0. The molecule has 0 aliphatic heterocycles. The molecule has 0 radical (unpaired) electrons. The molecule has 0 heterocycles. The summed E-state index contributed by atoms with van der Waals surface area (Å²) < 4.78 is 0. The third-order valence-electron chi connectivity index (χ3n) is 2.78. The molecule has 0 saturated carbocycles. The molecule has 0 atom stereocenters. The molecule has 0 spiro atoms. The Morgan fingerprint density at radius 2 is 1.76 bits per heavy atom. The zero-order chi connectivity index (χ0) is 12.3. The molecule has 1 N–H and O–H groups in total. The van der Waals surface area contributed by atoms with Gasteiger partial charge in [-0.2, -0.15) is 0 Å². The normalized spacial score (nSPS) is 10.5. The lowest BCUT2D eigenvalue weighted by atomic mass is 10.0. The van der Waals surface area contributed by atoms with Crippen LogP contribution in [0.3, 0.4) is 0 Å². The average Bonchev–Trinajstić information content (AvgIpc) is 2.31. The van der Waals surface area contributed by atoms with Gasteiger partial charge in [0, 0.05) is 17.1 Å². The van der Waals surface area contributed by atoms with E-state index in [1.807, 2.05) is 13.1 Å². The summed E-state index contributed by atoms with van der Waals surface area (Å²) in [6.45, 7) is 2.93. The van der Waals surface area contributed by atoms with E-state index in [0.29, 0.717) is 0 Å². The van der Waals surface area contributed by atoms with E-state index in [9.17, 15) is 0 Å². The molecule has 2 heteroatoms. The van der Waals surface area contributed by atoms with Crippen LogP contribution in [-0.4, -0.2) is 7.05 Å². The van der Waals surface area contributed by atoms with Crippen LogP contribution in [0.25, 0.3) is 11.1 Å². The summed E-state index contributed by atoms with van der Waals surface area (Å²) in [7, 11) is 1.93. The van der Waals surface area contributed by atoms with Gasteiger partial charge in [-0.3, -0.25) is 0 Å². The van der Waals surface area contributed by atoms with Gasteiger partial charge in [-0.05, 0) is 31.2 Å². The van der Waals surface area contributed by atoms with Crippen LogP contribution in [0.15, 0.2) is 42.5 Å². The second-order valence-corrected chi connectivity index (χ2v) is 4.62. The molecule has 2 rings (SSSR count). The van der Waals surface area contributed by atoms with Gasteiger partial charge in [-0.15, -0.1) is 0 Å². The minimum atomic E-state index is 0.807. The van der Waals surface area contributed by atoms with Gasteiger partial charge in [0.05, 0.1) is 0 Å². The van der Waals surface area contributed by atoms with Crippen LogP contribution >= 0.6 is 11.6 Å². The smallest absolute Gasteiger partial charge is 0.0487 e. The lowest BCUT2D eigenvalue weighted by Crippen LogP contribution is -2.04. The first-order valence-electron chi connectivity index (χ1n) is 5.71. The first kappa shape index (κ1) is 12.2. The van der Waals surface area contributed by atoms with Gasteiger partial charge < -0.3 is 5.32 Å². The standard InChI is InChI=1S/C15H16ClN/c1-11-3-6-13(7-4-11)14-8-5-12(10-17-2)9-15(14)16/h3-9,17H,10H2,1-2H3. The SMILES string of the molecule is CNCc1ccc(-c2ccc(C)cc2)c(Cl)c1. The summed E-state index contributed by atoms with van der Waals surface area (Å²) in [4.78, 5) is 0. The molecule has 0 aliphatic rings. The van der Waals surface area contributed by atoms with Crippen molar-refractivity contribution in [3.63, 3.8) is 0 Å². The number of nitrogens with one attached hydrogen (secondary N) is 1. The Balaban J connectivity index is 2.36. The predicted octanol–water partition coefficient (Wildman–Crippen LogP) is 4.03. The number of hydrogen-bond donors (Lipinski definition) is 1. The number of halogens is 1. The van der Waals surface area contributed by atoms with Gasteiger partial charge in [-0.25, -0.2) is 0 Å². The fourth-order valence-electron chi connectivity index (χ4n) is 1.84. The van der Waals surface area contributed by atoms with Crippen LogP contribution in [0.2, 0.25) is 5.02 Å². The lowest BCUT2D eigenvalue weighted by Gasteiger charge is -2.07. The third kappa shape index (κ3) is 2.87. The zero-order valence-electron chi connectivity index (χ0n) is 10.1. The Morgan fingerprint density at radius 3 is 2.35 bits per heavy atom. The topological polar surface area (TPSA) is 12.0 Å². The summed E-state index contributed by atoms with van der Waals surface area (Å²) >= 11 is 6.31. The highest BCUT2D eigenvalue weighted by Gasteiger charge is 2.04. The molecule has 0 unspecified atom stereocenters. The van der Waals surface area contributed by atoms with Gasteiger partial charge in [-0.1, -0.05) is 53.6 Å². The van der Waals surface area contributed by atoms with E-state index in [0.717, 1.165) is 22.7 Å². The Morgan fingerprint density at radius 1 is 1.06 bits per heavy atom. The fourth-order valence-corrected chi connectivity index (χ4v) is 2.15. The van der Waals surface area contributed by atoms with Gasteiger partial charge in [0.1, 0.15) is 0 Å². The van der Waals surface area contributed by atoms with E-state index in [1.165, 1.54) is 11.1 Å². The van der Waals surface area contributed by atoms with Crippen LogP contribution in [-0.2, 0) is 6.54 Å². The Bertz CT molecular complexity index is 503. The molecule has 88 valence electrons. The largest absolute Gasteiger partial charge is 0.316 e. The summed E-state index contributed by atoms with van der Waals surface area (Å²) in [6.07, 6.45) is 0. The van der Waals surface area contributed by atoms with Crippen LogP contribution in [0, 0.1) is 6.92 Å². The third-order valence-corrected chi connectivity index (χ3v) is 3.09. The van der Waals surface area contributed by atoms with E-state index in [2.05, 4.69) is 48.6 Å². The molecule has 0 amide bonds. The van der Waals surface area contributed by atoms with Crippen molar-refractivity contribution in [2.45, 2.75) is 13.5 Å². The first-order valence-corrected chi connectivity index (χ1v) is 6.08.